The molecule has 0 bridgehead atoms. The molecule has 8 nitrogen and oxygen atoms in total. The minimum absolute atomic E-state index is 0.00239. The van der Waals surface area contributed by atoms with Gasteiger partial charge in [-0.25, -0.2) is 9.67 Å². The zero-order valence-electron chi connectivity index (χ0n) is 16.8. The molecule has 3 N–H and O–H groups in total. The van der Waals surface area contributed by atoms with E-state index in [0.29, 0.717) is 25.1 Å². The molecule has 0 radical (unpaired) electrons. The zero-order chi connectivity index (χ0) is 24.2. The van der Waals surface area contributed by atoms with Crippen molar-refractivity contribution in [3.05, 3.63) is 41.7 Å². The van der Waals surface area contributed by atoms with Gasteiger partial charge in [0.1, 0.15) is 6.33 Å². The van der Waals surface area contributed by atoms with Crippen LogP contribution in [0.25, 0.3) is 17.6 Å². The van der Waals surface area contributed by atoms with Crippen LogP contribution in [0.3, 0.4) is 0 Å². The van der Waals surface area contributed by atoms with Crippen molar-refractivity contribution in [2.24, 2.45) is 5.92 Å². The number of amides is 2. The molecule has 178 valence electrons. The summed E-state index contributed by atoms with van der Waals surface area (Å²) in [6, 6.07) is 1.00. The van der Waals surface area contributed by atoms with Crippen LogP contribution in [0.2, 0.25) is 0 Å². The highest BCUT2D eigenvalue weighted by Crippen LogP contribution is 2.38. The molecule has 1 aliphatic heterocycles. The lowest BCUT2D eigenvalue weighted by Crippen LogP contribution is -2.47. The Morgan fingerprint density at radius 2 is 1.73 bits per heavy atom. The number of halogens is 6. The minimum Gasteiger partial charge on any atom is -0.316 e. The normalized spacial score (nSPS) is 17.2. The first-order valence-corrected chi connectivity index (χ1v) is 9.63. The summed E-state index contributed by atoms with van der Waals surface area (Å²) in [4.78, 5) is 27.5. The first-order valence-electron chi connectivity index (χ1n) is 9.63. The molecule has 3 rings (SSSR count). The Morgan fingerprint density at radius 1 is 1.06 bits per heavy atom. The van der Waals surface area contributed by atoms with E-state index in [2.05, 4.69) is 26.3 Å². The SMILES string of the molecule is O=C(C=Cn1cnc(-c2cc(C(F)(F)F)cc(C(F)(F)F)c2)n1)NNC(=O)C1CCCNC1. The number of alkyl halides is 6. The highest BCUT2D eigenvalue weighted by molar-refractivity contribution is 5.92. The molecule has 1 atom stereocenters. The van der Waals surface area contributed by atoms with Crippen LogP contribution < -0.4 is 16.2 Å². The van der Waals surface area contributed by atoms with Crippen molar-refractivity contribution in [2.75, 3.05) is 13.1 Å². The Bertz CT molecular complexity index is 1010. The molecular weight excluding hydrogens is 458 g/mol. The van der Waals surface area contributed by atoms with Gasteiger partial charge >= 0.3 is 12.4 Å². The van der Waals surface area contributed by atoms with Crippen LogP contribution in [0.15, 0.2) is 30.6 Å². The first kappa shape index (κ1) is 24.2. The fourth-order valence-electron chi connectivity index (χ4n) is 3.05. The van der Waals surface area contributed by atoms with E-state index >= 15 is 0 Å². The Morgan fingerprint density at radius 3 is 2.30 bits per heavy atom. The van der Waals surface area contributed by atoms with Crippen molar-refractivity contribution in [1.82, 2.24) is 30.9 Å². The Kier molecular flexibility index (Phi) is 7.05. The Labute approximate surface area is 183 Å². The molecule has 2 amide bonds. The molecule has 1 fully saturated rings. The second-order valence-electron chi connectivity index (χ2n) is 7.18. The molecule has 2 heterocycles. The van der Waals surface area contributed by atoms with Gasteiger partial charge in [-0.2, -0.15) is 26.3 Å². The van der Waals surface area contributed by atoms with Crippen LogP contribution in [0.1, 0.15) is 24.0 Å². The van der Waals surface area contributed by atoms with E-state index in [1.165, 1.54) is 0 Å². The summed E-state index contributed by atoms with van der Waals surface area (Å²) in [6.45, 7) is 1.31. The van der Waals surface area contributed by atoms with Gasteiger partial charge in [0.05, 0.1) is 17.0 Å². The molecule has 1 unspecified atom stereocenters. The third-order valence-electron chi connectivity index (χ3n) is 4.71. The molecule has 1 aromatic heterocycles. The van der Waals surface area contributed by atoms with Crippen molar-refractivity contribution in [3.8, 4) is 11.4 Å². The summed E-state index contributed by atoms with van der Waals surface area (Å²) >= 11 is 0. The van der Waals surface area contributed by atoms with Gasteiger partial charge in [0.15, 0.2) is 5.82 Å². The maximum atomic E-state index is 13.0. The fraction of sp³-hybridized carbons (Fsp3) is 0.368. The topological polar surface area (TPSA) is 101 Å². The maximum Gasteiger partial charge on any atom is 0.416 e. The van der Waals surface area contributed by atoms with Crippen molar-refractivity contribution in [2.45, 2.75) is 25.2 Å². The molecule has 1 aromatic carbocycles. The number of benzene rings is 1. The molecule has 0 saturated carbocycles. The predicted octanol–water partition coefficient (Wildman–Crippen LogP) is 2.60. The second-order valence-corrected chi connectivity index (χ2v) is 7.18. The lowest BCUT2D eigenvalue weighted by Gasteiger charge is -2.21. The van der Waals surface area contributed by atoms with Gasteiger partial charge in [-0.15, -0.1) is 5.10 Å². The number of hydrogen-bond donors (Lipinski definition) is 3. The van der Waals surface area contributed by atoms with Crippen LogP contribution in [0.5, 0.6) is 0 Å². The Balaban J connectivity index is 1.68. The molecule has 2 aromatic rings. The molecule has 1 aliphatic rings. The number of aromatic nitrogens is 3. The van der Waals surface area contributed by atoms with E-state index in [1.807, 2.05) is 0 Å². The second kappa shape index (κ2) is 9.60. The highest BCUT2D eigenvalue weighted by Gasteiger charge is 2.37. The summed E-state index contributed by atoms with van der Waals surface area (Å²) < 4.78 is 79.0. The standard InChI is InChI=1S/C19H18F6N6O2/c20-18(21,22)13-6-12(7-14(8-13)19(23,24)25)16-27-10-31(30-16)5-3-15(32)28-29-17(33)11-2-1-4-26-9-11/h3,5-8,10-11,26H,1-2,4,9H2,(H,28,32)(H,29,33). The molecule has 1 saturated heterocycles. The molecular formula is C19H18F6N6O2. The van der Waals surface area contributed by atoms with Gasteiger partial charge in [-0.1, -0.05) is 0 Å². The quantitative estimate of drug-likeness (QED) is 0.358. The highest BCUT2D eigenvalue weighted by atomic mass is 19.4. The number of nitrogens with zero attached hydrogens (tertiary/aromatic N) is 3. The molecule has 0 aliphatic carbocycles. The van der Waals surface area contributed by atoms with E-state index in [-0.39, 0.29) is 17.9 Å². The third-order valence-corrected chi connectivity index (χ3v) is 4.71. The van der Waals surface area contributed by atoms with E-state index < -0.39 is 40.8 Å². The molecule has 33 heavy (non-hydrogen) atoms. The van der Waals surface area contributed by atoms with E-state index in [9.17, 15) is 35.9 Å². The number of rotatable bonds is 4. The average molecular weight is 476 g/mol. The van der Waals surface area contributed by atoms with Gasteiger partial charge in [0, 0.05) is 24.4 Å². The van der Waals surface area contributed by atoms with Gasteiger partial charge in [-0.05, 0) is 37.6 Å². The smallest absolute Gasteiger partial charge is 0.316 e. The van der Waals surface area contributed by atoms with Gasteiger partial charge in [0.25, 0.3) is 5.91 Å². The van der Waals surface area contributed by atoms with Crippen LogP contribution in [-0.2, 0) is 21.9 Å². The summed E-state index contributed by atoms with van der Waals surface area (Å²) in [5, 5.41) is 6.83. The monoisotopic (exact) mass is 476 g/mol. The van der Waals surface area contributed by atoms with Crippen molar-refractivity contribution >= 4 is 18.0 Å². The number of piperidine rings is 1. The summed E-state index contributed by atoms with van der Waals surface area (Å²) in [6.07, 6.45) is -5.49. The van der Waals surface area contributed by atoms with Crippen LogP contribution in [0.4, 0.5) is 26.3 Å². The summed E-state index contributed by atoms with van der Waals surface area (Å²) in [7, 11) is 0. The van der Waals surface area contributed by atoms with E-state index in [4.69, 9.17) is 0 Å². The summed E-state index contributed by atoms with van der Waals surface area (Å²) in [5.74, 6) is -1.79. The van der Waals surface area contributed by atoms with Crippen LogP contribution in [-0.4, -0.2) is 39.7 Å². The van der Waals surface area contributed by atoms with E-state index in [0.717, 1.165) is 36.3 Å². The largest absolute Gasteiger partial charge is 0.416 e. The minimum atomic E-state index is -5.01. The molecule has 0 spiro atoms. The summed E-state index contributed by atoms with van der Waals surface area (Å²) in [5.41, 5.74) is 0.951. The lowest BCUT2D eigenvalue weighted by molar-refractivity contribution is -0.143. The van der Waals surface area contributed by atoms with Crippen molar-refractivity contribution < 1.29 is 35.9 Å². The number of nitrogens with one attached hydrogen (secondary N) is 3. The number of hydrazine groups is 1. The van der Waals surface area contributed by atoms with Crippen molar-refractivity contribution in [1.29, 1.82) is 0 Å². The van der Waals surface area contributed by atoms with Gasteiger partial charge in [-0.3, -0.25) is 20.4 Å². The number of carbonyl (C=O) groups excluding carboxylic acids is 2. The predicted molar refractivity (Wildman–Crippen MR) is 103 cm³/mol. The van der Waals surface area contributed by atoms with E-state index in [1.54, 1.807) is 0 Å². The number of carbonyl (C=O) groups is 2. The van der Waals surface area contributed by atoms with Gasteiger partial charge < -0.3 is 5.32 Å². The zero-order valence-corrected chi connectivity index (χ0v) is 16.8. The average Bonchev–Trinajstić information content (AvgIpc) is 3.24. The lowest BCUT2D eigenvalue weighted by atomic mass is 9.99. The number of hydrogen-bond acceptors (Lipinski definition) is 5. The van der Waals surface area contributed by atoms with Crippen molar-refractivity contribution in [3.63, 3.8) is 0 Å². The van der Waals surface area contributed by atoms with Crippen LogP contribution >= 0.6 is 0 Å². The molecule has 14 heteroatoms. The maximum absolute atomic E-state index is 13.0. The fourth-order valence-corrected chi connectivity index (χ4v) is 3.05. The Hall–Kier alpha value is -3.42. The first-order chi connectivity index (χ1) is 15.4. The van der Waals surface area contributed by atoms with Gasteiger partial charge in [0.2, 0.25) is 5.91 Å². The van der Waals surface area contributed by atoms with Crippen LogP contribution in [0, 0.1) is 5.92 Å². The third kappa shape index (κ3) is 6.54.